The molecule has 3 heterocycles. The second-order valence-electron chi connectivity index (χ2n) is 9.32. The third-order valence-electron chi connectivity index (χ3n) is 6.22. The van der Waals surface area contributed by atoms with Crippen molar-refractivity contribution in [3.63, 3.8) is 0 Å². The van der Waals surface area contributed by atoms with Crippen molar-refractivity contribution < 1.29 is 37.1 Å². The molecule has 11 nitrogen and oxygen atoms in total. The van der Waals surface area contributed by atoms with Gasteiger partial charge in [-0.15, -0.1) is 0 Å². The van der Waals surface area contributed by atoms with Crippen LogP contribution in [0.3, 0.4) is 0 Å². The van der Waals surface area contributed by atoms with Crippen LogP contribution in [-0.4, -0.2) is 25.3 Å². The van der Waals surface area contributed by atoms with Crippen LogP contribution in [0, 0.1) is 0 Å². The number of hydrogen-bond donors (Lipinski definition) is 1. The molecule has 0 radical (unpaired) electrons. The predicted molar refractivity (Wildman–Crippen MR) is 173 cm³/mol. The lowest BCUT2D eigenvalue weighted by Gasteiger charge is -2.10. The van der Waals surface area contributed by atoms with Crippen molar-refractivity contribution >= 4 is 61.5 Å². The molecule has 0 saturated carbocycles. The smallest absolute Gasteiger partial charge is 0.476 e. The van der Waals surface area contributed by atoms with E-state index in [2.05, 4.69) is 15.9 Å². The van der Waals surface area contributed by atoms with Crippen molar-refractivity contribution in [2.45, 2.75) is 6.92 Å². The normalized spacial score (nSPS) is 10.7. The van der Waals surface area contributed by atoms with Crippen LogP contribution in [0.25, 0.3) is 44.8 Å². The SMILES string of the molecule is CCOC(=O)Oc1c(-c2ccc(Cl)cc2)oc2ccccc2c1=O.NC(=O)COc1c(-c2ccc(Br)o2)oc2ccccc2c1=O. The molecule has 234 valence electrons. The zero-order valence-corrected chi connectivity index (χ0v) is 26.3. The van der Waals surface area contributed by atoms with Gasteiger partial charge in [-0.05, 0) is 83.5 Å². The molecule has 6 aromatic rings. The number of para-hydroxylation sites is 2. The summed E-state index contributed by atoms with van der Waals surface area (Å²) in [4.78, 5) is 47.9. The van der Waals surface area contributed by atoms with Gasteiger partial charge < -0.3 is 33.2 Å². The van der Waals surface area contributed by atoms with E-state index in [1.807, 2.05) is 0 Å². The quantitative estimate of drug-likeness (QED) is 0.166. The molecule has 13 heteroatoms. The molecule has 0 aliphatic carbocycles. The molecule has 2 N–H and O–H groups in total. The zero-order valence-electron chi connectivity index (χ0n) is 23.9. The van der Waals surface area contributed by atoms with Crippen LogP contribution in [0.5, 0.6) is 11.5 Å². The van der Waals surface area contributed by atoms with Crippen LogP contribution >= 0.6 is 27.5 Å². The number of primary amides is 1. The third-order valence-corrected chi connectivity index (χ3v) is 6.90. The number of furan rings is 1. The summed E-state index contributed by atoms with van der Waals surface area (Å²) in [5, 5.41) is 1.20. The molecule has 3 aromatic heterocycles. The van der Waals surface area contributed by atoms with E-state index in [-0.39, 0.29) is 29.6 Å². The fourth-order valence-electron chi connectivity index (χ4n) is 4.24. The molecule has 0 unspecified atom stereocenters. The van der Waals surface area contributed by atoms with Gasteiger partial charge in [0.1, 0.15) is 11.2 Å². The molecule has 1 amide bonds. The van der Waals surface area contributed by atoms with Gasteiger partial charge in [0.2, 0.25) is 28.1 Å². The lowest BCUT2D eigenvalue weighted by Crippen LogP contribution is -2.22. The predicted octanol–water partition coefficient (Wildman–Crippen LogP) is 7.33. The third kappa shape index (κ3) is 7.14. The molecular weight excluding hydrogens is 686 g/mol. The number of nitrogens with two attached hydrogens (primary N) is 1. The molecule has 0 fully saturated rings. The van der Waals surface area contributed by atoms with Crippen LogP contribution in [0.15, 0.2) is 112 Å². The summed E-state index contributed by atoms with van der Waals surface area (Å²) in [6, 6.07) is 23.4. The topological polar surface area (TPSA) is 161 Å². The van der Waals surface area contributed by atoms with Crippen molar-refractivity contribution in [2.24, 2.45) is 5.73 Å². The van der Waals surface area contributed by atoms with Crippen LogP contribution in [0.4, 0.5) is 4.79 Å². The zero-order chi connectivity index (χ0) is 32.8. The number of hydrogen-bond acceptors (Lipinski definition) is 10. The van der Waals surface area contributed by atoms with Crippen LogP contribution in [0.1, 0.15) is 6.92 Å². The highest BCUT2D eigenvalue weighted by molar-refractivity contribution is 9.10. The van der Waals surface area contributed by atoms with Crippen molar-refractivity contribution in [1.82, 2.24) is 0 Å². The first kappa shape index (κ1) is 32.1. The summed E-state index contributed by atoms with van der Waals surface area (Å²) < 4.78 is 32.5. The van der Waals surface area contributed by atoms with E-state index in [0.29, 0.717) is 43.0 Å². The van der Waals surface area contributed by atoms with Gasteiger partial charge in [-0.25, -0.2) is 4.79 Å². The van der Waals surface area contributed by atoms with Crippen LogP contribution < -0.4 is 26.1 Å². The van der Waals surface area contributed by atoms with Crippen LogP contribution in [0.2, 0.25) is 5.02 Å². The molecule has 46 heavy (non-hydrogen) atoms. The standard InChI is InChI=1S/C18H13ClO5.C15H10BrNO5/c1-2-22-18(21)24-17-15(20)13-5-3-4-6-14(13)23-16(17)11-7-9-12(19)10-8-11;16-11-6-5-10(21-11)14-15(20-7-12(17)18)13(19)8-3-1-2-4-9(8)22-14/h3-10H,2H2,1H3;1-6H,7H2,(H2,17,18). The van der Waals surface area contributed by atoms with Gasteiger partial charge in [-0.2, -0.15) is 0 Å². The Morgan fingerprint density at radius 1 is 0.783 bits per heavy atom. The van der Waals surface area contributed by atoms with Crippen LogP contribution in [-0.2, 0) is 9.53 Å². The maximum absolute atomic E-state index is 12.7. The number of ether oxygens (including phenoxy) is 3. The van der Waals surface area contributed by atoms with Gasteiger partial charge in [0.25, 0.3) is 5.91 Å². The second kappa shape index (κ2) is 14.2. The average molecular weight is 709 g/mol. The summed E-state index contributed by atoms with van der Waals surface area (Å²) >= 11 is 9.08. The molecular formula is C33H23BrClNO10. The van der Waals surface area contributed by atoms with Gasteiger partial charge in [0, 0.05) is 10.6 Å². The molecule has 0 spiro atoms. The Labute approximate surface area is 273 Å². The van der Waals surface area contributed by atoms with E-state index in [0.717, 1.165) is 0 Å². The van der Waals surface area contributed by atoms with Crippen molar-refractivity contribution in [2.75, 3.05) is 13.2 Å². The van der Waals surface area contributed by atoms with Gasteiger partial charge in [0.15, 0.2) is 22.8 Å². The van der Waals surface area contributed by atoms with E-state index in [1.54, 1.807) is 91.9 Å². The summed E-state index contributed by atoms with van der Waals surface area (Å²) in [6.07, 6.45) is -0.963. The van der Waals surface area contributed by atoms with Gasteiger partial charge in [-0.3, -0.25) is 14.4 Å². The highest BCUT2D eigenvalue weighted by Gasteiger charge is 2.22. The minimum absolute atomic E-state index is 0.107. The lowest BCUT2D eigenvalue weighted by atomic mass is 10.1. The summed E-state index contributed by atoms with van der Waals surface area (Å²) in [5.41, 5.74) is 5.56. The number of carbonyl (C=O) groups excluding carboxylic acids is 2. The Morgan fingerprint density at radius 3 is 1.93 bits per heavy atom. The van der Waals surface area contributed by atoms with Crippen molar-refractivity contribution in [3.8, 4) is 34.3 Å². The number of amides is 1. The van der Waals surface area contributed by atoms with Gasteiger partial charge >= 0.3 is 6.16 Å². The molecule has 0 aliphatic rings. The maximum atomic E-state index is 12.7. The number of halogens is 2. The minimum atomic E-state index is -0.963. The Hall–Kier alpha value is -5.33. The van der Waals surface area contributed by atoms with E-state index in [9.17, 15) is 19.2 Å². The first-order chi connectivity index (χ1) is 22.2. The minimum Gasteiger partial charge on any atom is -0.476 e. The fraction of sp³-hybridized carbons (Fsp3) is 0.0909. The van der Waals surface area contributed by atoms with E-state index in [1.165, 1.54) is 0 Å². The number of rotatable bonds is 7. The maximum Gasteiger partial charge on any atom is 0.514 e. The fourth-order valence-corrected chi connectivity index (χ4v) is 4.67. The summed E-state index contributed by atoms with van der Waals surface area (Å²) in [5.74, 6) is -0.471. The molecule has 0 bridgehead atoms. The van der Waals surface area contributed by atoms with Gasteiger partial charge in [-0.1, -0.05) is 35.9 Å². The molecule has 0 saturated heterocycles. The largest absolute Gasteiger partial charge is 0.514 e. The Kier molecular flexibility index (Phi) is 9.89. The average Bonchev–Trinajstić information content (AvgIpc) is 3.48. The Bertz CT molecular complexity index is 2170. The number of fused-ring (bicyclic) bond motifs is 2. The number of benzene rings is 3. The summed E-state index contributed by atoms with van der Waals surface area (Å²) in [7, 11) is 0. The Balaban J connectivity index is 0.000000182. The Morgan fingerprint density at radius 2 is 1.37 bits per heavy atom. The monoisotopic (exact) mass is 707 g/mol. The first-order valence-electron chi connectivity index (χ1n) is 13.5. The first-order valence-corrected chi connectivity index (χ1v) is 14.7. The van der Waals surface area contributed by atoms with Crippen molar-refractivity contribution in [3.05, 3.63) is 115 Å². The highest BCUT2D eigenvalue weighted by Crippen LogP contribution is 2.34. The molecule has 6 rings (SSSR count). The molecule has 3 aromatic carbocycles. The highest BCUT2D eigenvalue weighted by atomic mass is 79.9. The lowest BCUT2D eigenvalue weighted by molar-refractivity contribution is -0.119. The van der Waals surface area contributed by atoms with Gasteiger partial charge in [0.05, 0.1) is 17.4 Å². The molecule has 0 atom stereocenters. The van der Waals surface area contributed by atoms with E-state index in [4.69, 9.17) is 44.8 Å². The van der Waals surface area contributed by atoms with Crippen molar-refractivity contribution in [1.29, 1.82) is 0 Å². The second-order valence-corrected chi connectivity index (χ2v) is 10.5. The number of carbonyl (C=O) groups is 2. The van der Waals surface area contributed by atoms with E-state index < -0.39 is 29.5 Å². The molecule has 0 aliphatic heterocycles. The van der Waals surface area contributed by atoms with E-state index >= 15 is 0 Å². The summed E-state index contributed by atoms with van der Waals surface area (Å²) in [6.45, 7) is 1.34.